The van der Waals surface area contributed by atoms with Crippen LogP contribution in [-0.4, -0.2) is 24.9 Å². The Kier molecular flexibility index (Phi) is 7.86. The smallest absolute Gasteiger partial charge is 0.129 e. The average molecular weight is 291 g/mol. The van der Waals surface area contributed by atoms with Crippen LogP contribution in [0, 0.1) is 0 Å². The molecule has 0 atom stereocenters. The van der Waals surface area contributed by atoms with Crippen LogP contribution < -0.4 is 5.73 Å². The van der Waals surface area contributed by atoms with Crippen LogP contribution in [0.25, 0.3) is 0 Å². The van der Waals surface area contributed by atoms with Crippen molar-refractivity contribution in [2.75, 3.05) is 13.7 Å². The third-order valence-corrected chi connectivity index (χ3v) is 3.61. The molecular formula is C14H29NO3S. The predicted molar refractivity (Wildman–Crippen MR) is 81.9 cm³/mol. The van der Waals surface area contributed by atoms with Gasteiger partial charge in [0.2, 0.25) is 0 Å². The summed E-state index contributed by atoms with van der Waals surface area (Å²) in [5, 5.41) is 0. The first-order valence-corrected chi connectivity index (χ1v) is 6.96. The van der Waals surface area contributed by atoms with Gasteiger partial charge in [0.05, 0.1) is 17.8 Å². The number of hydrogen-bond acceptors (Lipinski definition) is 5. The van der Waals surface area contributed by atoms with Crippen molar-refractivity contribution in [1.29, 1.82) is 0 Å². The van der Waals surface area contributed by atoms with Crippen LogP contribution in [0.3, 0.4) is 0 Å². The van der Waals surface area contributed by atoms with Gasteiger partial charge in [0.15, 0.2) is 0 Å². The summed E-state index contributed by atoms with van der Waals surface area (Å²) in [5.41, 5.74) is 6.23. The van der Waals surface area contributed by atoms with E-state index in [-0.39, 0.29) is 11.2 Å². The third-order valence-electron chi connectivity index (χ3n) is 3.34. The number of thiol groups is 1. The van der Waals surface area contributed by atoms with Crippen LogP contribution >= 0.6 is 12.9 Å². The summed E-state index contributed by atoms with van der Waals surface area (Å²) in [6.07, 6.45) is 2.42. The van der Waals surface area contributed by atoms with Crippen LogP contribution in [-0.2, 0) is 13.7 Å². The quantitative estimate of drug-likeness (QED) is 0.388. The van der Waals surface area contributed by atoms with E-state index in [2.05, 4.69) is 40.6 Å². The first-order valence-electron chi connectivity index (χ1n) is 6.59. The summed E-state index contributed by atoms with van der Waals surface area (Å²) in [6.45, 7) is 10.7. The molecule has 0 spiro atoms. The molecular weight excluding hydrogens is 262 g/mol. The number of rotatable bonds is 9. The molecule has 0 aromatic heterocycles. The highest BCUT2D eigenvalue weighted by Crippen LogP contribution is 2.22. The third kappa shape index (κ3) is 8.39. The standard InChI is InChI=1S/C14H29NO3S/c1-11(18-19)12(15)7-8-14(4,5)17-10-9-13(2,3)16-6/h19H,7-10,15H2,1-6H3/b12-11+. The molecule has 0 aliphatic rings. The van der Waals surface area contributed by atoms with Crippen molar-refractivity contribution in [3.05, 3.63) is 11.5 Å². The van der Waals surface area contributed by atoms with Gasteiger partial charge in [0.25, 0.3) is 0 Å². The maximum absolute atomic E-state index is 5.91. The van der Waals surface area contributed by atoms with Gasteiger partial charge in [-0.2, -0.15) is 0 Å². The zero-order chi connectivity index (χ0) is 15.1. The molecule has 0 rings (SSSR count). The second kappa shape index (κ2) is 8.02. The van der Waals surface area contributed by atoms with Crippen LogP contribution in [0.2, 0.25) is 0 Å². The minimum Gasteiger partial charge on any atom is -0.432 e. The SMILES string of the molecule is COC(C)(C)CCOC(C)(C)CC/C(N)=C(/C)OS. The topological polar surface area (TPSA) is 53.7 Å². The molecule has 0 bridgehead atoms. The number of nitrogens with two attached hydrogens (primary N) is 1. The average Bonchev–Trinajstić information content (AvgIpc) is 2.34. The molecule has 0 fully saturated rings. The normalized spacial score (nSPS) is 14.3. The number of allylic oxidation sites excluding steroid dienone is 2. The van der Waals surface area contributed by atoms with Gasteiger partial charge in [0, 0.05) is 25.7 Å². The minimum absolute atomic E-state index is 0.147. The molecule has 5 heteroatoms. The summed E-state index contributed by atoms with van der Waals surface area (Å²) in [7, 11) is 1.72. The summed E-state index contributed by atoms with van der Waals surface area (Å²) in [4.78, 5) is 0. The zero-order valence-corrected chi connectivity index (χ0v) is 14.0. The highest BCUT2D eigenvalue weighted by atomic mass is 32.1. The molecule has 0 aromatic carbocycles. The van der Waals surface area contributed by atoms with Crippen molar-refractivity contribution in [2.24, 2.45) is 5.73 Å². The fraction of sp³-hybridized carbons (Fsp3) is 0.857. The monoisotopic (exact) mass is 291 g/mol. The summed E-state index contributed by atoms with van der Waals surface area (Å²) in [6, 6.07) is 0. The van der Waals surface area contributed by atoms with Gasteiger partial charge in [-0.15, -0.1) is 0 Å². The second-order valence-electron chi connectivity index (χ2n) is 5.99. The van der Waals surface area contributed by atoms with Gasteiger partial charge in [-0.3, -0.25) is 0 Å². The lowest BCUT2D eigenvalue weighted by Gasteiger charge is -2.29. The van der Waals surface area contributed by atoms with Crippen LogP contribution in [0.15, 0.2) is 11.5 Å². The van der Waals surface area contributed by atoms with E-state index in [1.54, 1.807) is 14.0 Å². The lowest BCUT2D eigenvalue weighted by atomic mass is 10.0. The maximum Gasteiger partial charge on any atom is 0.129 e. The Hall–Kier alpha value is -0.390. The molecule has 114 valence electrons. The molecule has 0 heterocycles. The lowest BCUT2D eigenvalue weighted by molar-refractivity contribution is -0.0609. The predicted octanol–water partition coefficient (Wildman–Crippen LogP) is 3.43. The Morgan fingerprint density at radius 3 is 2.16 bits per heavy atom. The molecule has 0 saturated heterocycles. The van der Waals surface area contributed by atoms with E-state index in [1.165, 1.54) is 0 Å². The van der Waals surface area contributed by atoms with E-state index in [4.69, 9.17) is 19.4 Å². The fourth-order valence-electron chi connectivity index (χ4n) is 1.42. The summed E-state index contributed by atoms with van der Waals surface area (Å²) >= 11 is 3.74. The Morgan fingerprint density at radius 1 is 1.11 bits per heavy atom. The molecule has 0 aliphatic heterocycles. The number of methoxy groups -OCH3 is 1. The van der Waals surface area contributed by atoms with E-state index in [0.717, 1.165) is 19.3 Å². The Balaban J connectivity index is 4.13. The van der Waals surface area contributed by atoms with Crippen molar-refractivity contribution in [2.45, 2.75) is 65.1 Å². The molecule has 0 amide bonds. The Morgan fingerprint density at radius 2 is 1.68 bits per heavy atom. The molecule has 0 aliphatic carbocycles. The largest absolute Gasteiger partial charge is 0.432 e. The first kappa shape index (κ1) is 18.6. The molecule has 0 aromatic rings. The Bertz CT molecular complexity index is 301. The molecule has 0 radical (unpaired) electrons. The van der Waals surface area contributed by atoms with Crippen LogP contribution in [0.4, 0.5) is 0 Å². The Labute approximate surface area is 123 Å². The molecule has 0 unspecified atom stereocenters. The molecule has 0 saturated carbocycles. The van der Waals surface area contributed by atoms with E-state index < -0.39 is 0 Å². The van der Waals surface area contributed by atoms with Crippen LogP contribution in [0.1, 0.15) is 53.9 Å². The highest BCUT2D eigenvalue weighted by Gasteiger charge is 2.22. The summed E-state index contributed by atoms with van der Waals surface area (Å²) in [5.74, 6) is 0.652. The maximum atomic E-state index is 5.91. The van der Waals surface area contributed by atoms with Crippen molar-refractivity contribution >= 4 is 12.9 Å². The van der Waals surface area contributed by atoms with Gasteiger partial charge in [-0.25, -0.2) is 0 Å². The van der Waals surface area contributed by atoms with Gasteiger partial charge >= 0.3 is 0 Å². The van der Waals surface area contributed by atoms with Crippen molar-refractivity contribution in [3.8, 4) is 0 Å². The van der Waals surface area contributed by atoms with E-state index in [1.807, 2.05) is 0 Å². The van der Waals surface area contributed by atoms with Gasteiger partial charge in [0.1, 0.15) is 5.76 Å². The highest BCUT2D eigenvalue weighted by molar-refractivity contribution is 7.75. The van der Waals surface area contributed by atoms with Gasteiger partial charge < -0.3 is 19.4 Å². The molecule has 4 nitrogen and oxygen atoms in total. The number of ether oxygens (including phenoxy) is 2. The van der Waals surface area contributed by atoms with E-state index in [9.17, 15) is 0 Å². The van der Waals surface area contributed by atoms with E-state index in [0.29, 0.717) is 18.1 Å². The fourth-order valence-corrected chi connectivity index (χ4v) is 1.53. The van der Waals surface area contributed by atoms with Crippen molar-refractivity contribution in [3.63, 3.8) is 0 Å². The van der Waals surface area contributed by atoms with Crippen molar-refractivity contribution < 1.29 is 13.7 Å². The van der Waals surface area contributed by atoms with Crippen molar-refractivity contribution in [1.82, 2.24) is 0 Å². The second-order valence-corrected chi connectivity index (χ2v) is 6.18. The number of hydrogen-bond donors (Lipinski definition) is 2. The van der Waals surface area contributed by atoms with Gasteiger partial charge in [-0.05, 0) is 53.9 Å². The molecule has 2 N–H and O–H groups in total. The van der Waals surface area contributed by atoms with Crippen LogP contribution in [0.5, 0.6) is 0 Å². The van der Waals surface area contributed by atoms with E-state index >= 15 is 0 Å². The zero-order valence-electron chi connectivity index (χ0n) is 13.1. The first-order chi connectivity index (χ1) is 8.63. The lowest BCUT2D eigenvalue weighted by Crippen LogP contribution is -2.30. The van der Waals surface area contributed by atoms with Gasteiger partial charge in [-0.1, -0.05) is 0 Å². The summed E-state index contributed by atoms with van der Waals surface area (Å²) < 4.78 is 16.1. The minimum atomic E-state index is -0.217. The molecule has 19 heavy (non-hydrogen) atoms.